The summed E-state index contributed by atoms with van der Waals surface area (Å²) in [5.41, 5.74) is -0.164. The van der Waals surface area contributed by atoms with Gasteiger partial charge >= 0.3 is 6.18 Å². The third kappa shape index (κ3) is 4.85. The number of pyridine rings is 1. The molecule has 0 spiro atoms. The number of nitrogens with one attached hydrogen (secondary N) is 2. The van der Waals surface area contributed by atoms with Crippen LogP contribution in [0.5, 0.6) is 0 Å². The minimum Gasteiger partial charge on any atom is -0.378 e. The third-order valence-electron chi connectivity index (χ3n) is 3.17. The van der Waals surface area contributed by atoms with Crippen molar-refractivity contribution in [3.05, 3.63) is 53.7 Å². The molecule has 1 aromatic heterocycles. The smallest absolute Gasteiger partial charge is 0.378 e. The lowest BCUT2D eigenvalue weighted by atomic mass is 10.2. The minimum atomic E-state index is -4.57. The van der Waals surface area contributed by atoms with E-state index in [1.165, 1.54) is 6.92 Å². The van der Waals surface area contributed by atoms with Gasteiger partial charge in [0, 0.05) is 12.7 Å². The molecule has 1 aromatic carbocycles. The van der Waals surface area contributed by atoms with Gasteiger partial charge in [0.2, 0.25) is 10.0 Å². The van der Waals surface area contributed by atoms with E-state index < -0.39 is 21.8 Å². The number of nitrogens with zero attached hydrogens (tertiary/aromatic N) is 1. The first kappa shape index (κ1) is 18.1. The molecule has 0 saturated heterocycles. The van der Waals surface area contributed by atoms with Crippen molar-refractivity contribution in [2.24, 2.45) is 0 Å². The van der Waals surface area contributed by atoms with Crippen molar-refractivity contribution in [2.75, 3.05) is 15.8 Å². The molecule has 9 heteroatoms. The van der Waals surface area contributed by atoms with Gasteiger partial charge in [-0.25, -0.2) is 13.4 Å². The Labute approximate surface area is 138 Å². The van der Waals surface area contributed by atoms with E-state index in [1.807, 2.05) is 6.07 Å². The van der Waals surface area contributed by atoms with Crippen LogP contribution in [0.4, 0.5) is 24.7 Å². The Hall–Kier alpha value is -2.29. The van der Waals surface area contributed by atoms with Crippen LogP contribution in [0.15, 0.2) is 42.6 Å². The molecule has 0 unspecified atom stereocenters. The van der Waals surface area contributed by atoms with Gasteiger partial charge in [0.05, 0.1) is 17.0 Å². The number of benzene rings is 1. The fourth-order valence-corrected chi connectivity index (χ4v) is 2.45. The summed E-state index contributed by atoms with van der Waals surface area (Å²) in [5.74, 6) is -0.380. The molecule has 2 aromatic rings. The van der Waals surface area contributed by atoms with Gasteiger partial charge in [-0.05, 0) is 18.6 Å². The van der Waals surface area contributed by atoms with Crippen molar-refractivity contribution in [1.82, 2.24) is 4.98 Å². The lowest BCUT2D eigenvalue weighted by Gasteiger charge is -2.15. The quantitative estimate of drug-likeness (QED) is 0.828. The van der Waals surface area contributed by atoms with Gasteiger partial charge in [-0.2, -0.15) is 13.2 Å². The monoisotopic (exact) mass is 359 g/mol. The standard InChI is InChI=1S/C15H16F3N3O2S/c1-2-24(22,23)21-14-13(8-12(10-20-14)15(16,17)18)19-9-11-6-4-3-5-7-11/h3-8,10,19H,2,9H2,1H3,(H,20,21). The summed E-state index contributed by atoms with van der Waals surface area (Å²) in [6.45, 7) is 1.65. The van der Waals surface area contributed by atoms with Gasteiger partial charge in [0.25, 0.3) is 0 Å². The lowest BCUT2D eigenvalue weighted by molar-refractivity contribution is -0.137. The number of rotatable bonds is 6. The maximum absolute atomic E-state index is 12.9. The Bertz CT molecular complexity index is 793. The predicted molar refractivity (Wildman–Crippen MR) is 86.1 cm³/mol. The van der Waals surface area contributed by atoms with E-state index in [0.717, 1.165) is 11.6 Å². The summed E-state index contributed by atoms with van der Waals surface area (Å²) in [6, 6.07) is 9.83. The minimum absolute atomic E-state index is 0.0364. The van der Waals surface area contributed by atoms with Gasteiger partial charge < -0.3 is 5.32 Å². The van der Waals surface area contributed by atoms with Gasteiger partial charge in [-0.3, -0.25) is 4.72 Å². The molecule has 0 amide bonds. The van der Waals surface area contributed by atoms with Crippen LogP contribution < -0.4 is 10.0 Å². The molecule has 24 heavy (non-hydrogen) atoms. The molecule has 0 saturated carbocycles. The lowest BCUT2D eigenvalue weighted by Crippen LogP contribution is -2.18. The predicted octanol–water partition coefficient (Wildman–Crippen LogP) is 3.47. The van der Waals surface area contributed by atoms with Crippen LogP contribution in [0, 0.1) is 0 Å². The van der Waals surface area contributed by atoms with Crippen LogP contribution in [0.1, 0.15) is 18.1 Å². The third-order valence-corrected chi connectivity index (χ3v) is 4.44. The van der Waals surface area contributed by atoms with E-state index in [2.05, 4.69) is 15.0 Å². The average Bonchev–Trinajstić information content (AvgIpc) is 2.53. The molecule has 0 fully saturated rings. The molecule has 0 bridgehead atoms. The average molecular weight is 359 g/mol. The van der Waals surface area contributed by atoms with Crippen molar-refractivity contribution in [1.29, 1.82) is 0 Å². The molecule has 130 valence electrons. The zero-order valence-electron chi connectivity index (χ0n) is 12.8. The highest BCUT2D eigenvalue weighted by Crippen LogP contribution is 2.33. The van der Waals surface area contributed by atoms with Crippen LogP contribution in [-0.4, -0.2) is 19.2 Å². The van der Waals surface area contributed by atoms with Gasteiger partial charge in [0.1, 0.15) is 0 Å². The summed E-state index contributed by atoms with van der Waals surface area (Å²) >= 11 is 0. The number of hydrogen-bond acceptors (Lipinski definition) is 4. The summed E-state index contributed by atoms with van der Waals surface area (Å²) in [6.07, 6.45) is -3.97. The summed E-state index contributed by atoms with van der Waals surface area (Å²) in [4.78, 5) is 3.62. The molecular weight excluding hydrogens is 343 g/mol. The Morgan fingerprint density at radius 3 is 2.42 bits per heavy atom. The topological polar surface area (TPSA) is 71.1 Å². The van der Waals surface area contributed by atoms with Crippen LogP contribution in [0.25, 0.3) is 0 Å². The summed E-state index contributed by atoms with van der Waals surface area (Å²) in [7, 11) is -3.66. The molecule has 5 nitrogen and oxygen atoms in total. The van der Waals surface area contributed by atoms with Crippen molar-refractivity contribution in [3.63, 3.8) is 0 Å². The zero-order chi connectivity index (χ0) is 17.8. The second-order valence-electron chi connectivity index (χ2n) is 4.96. The highest BCUT2D eigenvalue weighted by Gasteiger charge is 2.32. The number of sulfonamides is 1. The first-order valence-corrected chi connectivity index (χ1v) is 8.72. The first-order chi connectivity index (χ1) is 11.2. The highest BCUT2D eigenvalue weighted by atomic mass is 32.2. The van der Waals surface area contributed by atoms with E-state index in [1.54, 1.807) is 24.3 Å². The maximum Gasteiger partial charge on any atom is 0.417 e. The van der Waals surface area contributed by atoms with E-state index >= 15 is 0 Å². The van der Waals surface area contributed by atoms with Crippen molar-refractivity contribution >= 4 is 21.5 Å². The van der Waals surface area contributed by atoms with E-state index in [4.69, 9.17) is 0 Å². The summed E-state index contributed by atoms with van der Waals surface area (Å²) < 4.78 is 64.1. The Balaban J connectivity index is 2.32. The number of anilines is 2. The number of alkyl halides is 3. The second kappa shape index (κ2) is 7.08. The van der Waals surface area contributed by atoms with Crippen LogP contribution in [0.2, 0.25) is 0 Å². The van der Waals surface area contributed by atoms with Crippen molar-refractivity contribution in [3.8, 4) is 0 Å². The van der Waals surface area contributed by atoms with Gasteiger partial charge in [-0.15, -0.1) is 0 Å². The Morgan fingerprint density at radius 1 is 1.17 bits per heavy atom. The van der Waals surface area contributed by atoms with Crippen molar-refractivity contribution in [2.45, 2.75) is 19.6 Å². The van der Waals surface area contributed by atoms with Gasteiger partial charge in [0.15, 0.2) is 5.82 Å². The van der Waals surface area contributed by atoms with E-state index in [9.17, 15) is 21.6 Å². The molecule has 0 radical (unpaired) electrons. The fraction of sp³-hybridized carbons (Fsp3) is 0.267. The number of aromatic nitrogens is 1. The highest BCUT2D eigenvalue weighted by molar-refractivity contribution is 7.92. The van der Waals surface area contributed by atoms with E-state index in [-0.39, 0.29) is 23.8 Å². The molecule has 2 N–H and O–H groups in total. The molecular formula is C15H16F3N3O2S. The van der Waals surface area contributed by atoms with Crippen LogP contribution >= 0.6 is 0 Å². The van der Waals surface area contributed by atoms with Crippen LogP contribution in [0.3, 0.4) is 0 Å². The maximum atomic E-state index is 12.9. The molecule has 0 aliphatic rings. The SMILES string of the molecule is CCS(=O)(=O)Nc1ncc(C(F)(F)F)cc1NCc1ccccc1. The Kier molecular flexibility index (Phi) is 5.33. The number of hydrogen-bond donors (Lipinski definition) is 2. The second-order valence-corrected chi connectivity index (χ2v) is 6.97. The van der Waals surface area contributed by atoms with Gasteiger partial charge in [-0.1, -0.05) is 30.3 Å². The molecule has 0 aliphatic carbocycles. The molecule has 2 rings (SSSR count). The molecule has 1 heterocycles. The normalized spacial score (nSPS) is 12.0. The summed E-state index contributed by atoms with van der Waals surface area (Å²) in [5, 5.41) is 2.80. The molecule has 0 aliphatic heterocycles. The molecule has 0 atom stereocenters. The largest absolute Gasteiger partial charge is 0.417 e. The van der Waals surface area contributed by atoms with Crippen LogP contribution in [-0.2, 0) is 22.7 Å². The van der Waals surface area contributed by atoms with E-state index in [0.29, 0.717) is 6.20 Å². The zero-order valence-corrected chi connectivity index (χ0v) is 13.6. The van der Waals surface area contributed by atoms with Crippen molar-refractivity contribution < 1.29 is 21.6 Å². The fourth-order valence-electron chi connectivity index (χ4n) is 1.85. The first-order valence-electron chi connectivity index (χ1n) is 7.07. The Morgan fingerprint density at radius 2 is 1.83 bits per heavy atom. The number of halogens is 3.